The van der Waals surface area contributed by atoms with Gasteiger partial charge >= 0.3 is 0 Å². The Morgan fingerprint density at radius 3 is 2.41 bits per heavy atom. The molecule has 1 amide bonds. The molecular formula is C25H27N3O4S2. The van der Waals surface area contributed by atoms with Crippen molar-refractivity contribution in [1.29, 1.82) is 0 Å². The fourth-order valence-electron chi connectivity index (χ4n) is 4.49. The number of hydrogen-bond acceptors (Lipinski definition) is 6. The number of sulfonamides is 1. The van der Waals surface area contributed by atoms with Crippen molar-refractivity contribution in [3.05, 3.63) is 75.7 Å². The molecule has 1 aliphatic heterocycles. The maximum Gasteiger partial charge on any atom is 0.253 e. The van der Waals surface area contributed by atoms with Crippen LogP contribution in [0.15, 0.2) is 58.3 Å². The topological polar surface area (TPSA) is 79.8 Å². The van der Waals surface area contributed by atoms with E-state index >= 15 is 0 Å². The highest BCUT2D eigenvalue weighted by Gasteiger charge is 2.31. The standard InChI is InChI=1S/C25H27N3O4S2/c29-25(20-5-8-23(9-6-20)32-16-22-17-33-18-26-22)27-11-13-28(14-12-27)34(30,31)24-10-7-19-3-1-2-4-21(19)15-24/h5-10,15,17-18H,1-4,11-14,16H2. The predicted molar refractivity (Wildman–Crippen MR) is 131 cm³/mol. The summed E-state index contributed by atoms with van der Waals surface area (Å²) in [5, 5.41) is 1.93. The highest BCUT2D eigenvalue weighted by molar-refractivity contribution is 7.89. The minimum atomic E-state index is -3.57. The van der Waals surface area contributed by atoms with Gasteiger partial charge in [-0.1, -0.05) is 6.07 Å². The van der Waals surface area contributed by atoms with Crippen LogP contribution < -0.4 is 4.74 Å². The van der Waals surface area contributed by atoms with Crippen molar-refractivity contribution in [1.82, 2.24) is 14.2 Å². The SMILES string of the molecule is O=C(c1ccc(OCc2cscn2)cc1)N1CCN(S(=O)(=O)c2ccc3c(c2)CCCC3)CC1. The van der Waals surface area contributed by atoms with E-state index in [4.69, 9.17) is 4.74 Å². The number of carbonyl (C=O) groups excluding carboxylic acids is 1. The highest BCUT2D eigenvalue weighted by atomic mass is 32.2. The van der Waals surface area contributed by atoms with Gasteiger partial charge in [0.2, 0.25) is 10.0 Å². The van der Waals surface area contributed by atoms with Gasteiger partial charge in [-0.25, -0.2) is 13.4 Å². The molecule has 1 saturated heterocycles. The van der Waals surface area contributed by atoms with E-state index in [-0.39, 0.29) is 5.91 Å². The third-order valence-corrected chi connectivity index (χ3v) is 8.98. The maximum atomic E-state index is 13.2. The van der Waals surface area contributed by atoms with Gasteiger partial charge in [0.15, 0.2) is 0 Å². The number of fused-ring (bicyclic) bond motifs is 1. The molecule has 9 heteroatoms. The first-order valence-electron chi connectivity index (χ1n) is 11.5. The summed E-state index contributed by atoms with van der Waals surface area (Å²) in [7, 11) is -3.57. The molecule has 0 unspecified atom stereocenters. The smallest absolute Gasteiger partial charge is 0.253 e. The van der Waals surface area contributed by atoms with Crippen LogP contribution in [0.5, 0.6) is 5.75 Å². The number of rotatable bonds is 6. The molecule has 1 fully saturated rings. The Morgan fingerprint density at radius 2 is 1.71 bits per heavy atom. The first-order chi connectivity index (χ1) is 16.5. The monoisotopic (exact) mass is 497 g/mol. The third-order valence-electron chi connectivity index (χ3n) is 6.46. The lowest BCUT2D eigenvalue weighted by atomic mass is 9.92. The average molecular weight is 498 g/mol. The molecule has 5 rings (SSSR count). The van der Waals surface area contributed by atoms with Crippen LogP contribution in [0.4, 0.5) is 0 Å². The van der Waals surface area contributed by atoms with E-state index in [0.29, 0.717) is 49.0 Å². The Labute approximate surface area is 204 Å². The van der Waals surface area contributed by atoms with Gasteiger partial charge in [0.25, 0.3) is 5.91 Å². The van der Waals surface area contributed by atoms with E-state index in [1.807, 2.05) is 17.5 Å². The largest absolute Gasteiger partial charge is 0.487 e. The molecule has 3 aromatic rings. The number of ether oxygens (including phenoxy) is 1. The summed E-state index contributed by atoms with van der Waals surface area (Å²) in [5.74, 6) is 0.572. The van der Waals surface area contributed by atoms with Crippen LogP contribution in [0, 0.1) is 0 Å². The Balaban J connectivity index is 1.19. The molecule has 0 N–H and O–H groups in total. The molecule has 2 heterocycles. The lowest BCUT2D eigenvalue weighted by Crippen LogP contribution is -2.50. The van der Waals surface area contributed by atoms with Gasteiger partial charge in [0.05, 0.1) is 16.1 Å². The summed E-state index contributed by atoms with van der Waals surface area (Å²) in [6.45, 7) is 1.70. The van der Waals surface area contributed by atoms with Crippen molar-refractivity contribution in [3.8, 4) is 5.75 Å². The Bertz CT molecular complexity index is 1250. The number of aryl methyl sites for hydroxylation is 2. The predicted octanol–water partition coefficient (Wildman–Crippen LogP) is 3.75. The Morgan fingerprint density at radius 1 is 0.971 bits per heavy atom. The molecule has 1 aliphatic carbocycles. The lowest BCUT2D eigenvalue weighted by Gasteiger charge is -2.34. The number of aromatic nitrogens is 1. The van der Waals surface area contributed by atoms with Gasteiger partial charge in [-0.05, 0) is 73.2 Å². The van der Waals surface area contributed by atoms with E-state index in [9.17, 15) is 13.2 Å². The van der Waals surface area contributed by atoms with Crippen molar-refractivity contribution in [2.24, 2.45) is 0 Å². The molecular weight excluding hydrogens is 470 g/mol. The minimum Gasteiger partial charge on any atom is -0.487 e. The molecule has 2 aliphatic rings. The number of benzene rings is 2. The molecule has 0 radical (unpaired) electrons. The van der Waals surface area contributed by atoms with Crippen molar-refractivity contribution in [2.75, 3.05) is 26.2 Å². The summed E-state index contributed by atoms with van der Waals surface area (Å²) < 4.78 is 33.6. The number of hydrogen-bond donors (Lipinski definition) is 0. The Kier molecular flexibility index (Phi) is 6.67. The van der Waals surface area contributed by atoms with E-state index in [1.54, 1.807) is 40.7 Å². The molecule has 1 aromatic heterocycles. The van der Waals surface area contributed by atoms with E-state index in [1.165, 1.54) is 21.2 Å². The molecule has 0 bridgehead atoms. The second-order valence-electron chi connectivity index (χ2n) is 8.63. The molecule has 0 spiro atoms. The third kappa shape index (κ3) is 4.87. The fourth-order valence-corrected chi connectivity index (χ4v) is 6.51. The summed E-state index contributed by atoms with van der Waals surface area (Å²) >= 11 is 1.52. The summed E-state index contributed by atoms with van der Waals surface area (Å²) in [4.78, 5) is 19.2. The zero-order chi connectivity index (χ0) is 23.5. The van der Waals surface area contributed by atoms with E-state index < -0.39 is 10.0 Å². The van der Waals surface area contributed by atoms with Crippen LogP contribution in [-0.4, -0.2) is 54.7 Å². The van der Waals surface area contributed by atoms with Crippen LogP contribution >= 0.6 is 11.3 Å². The second-order valence-corrected chi connectivity index (χ2v) is 11.3. The summed E-state index contributed by atoms with van der Waals surface area (Å²) in [6.07, 6.45) is 4.23. The number of nitrogens with zero attached hydrogens (tertiary/aromatic N) is 3. The molecule has 0 saturated carbocycles. The van der Waals surface area contributed by atoms with Crippen molar-refractivity contribution >= 4 is 27.3 Å². The summed E-state index contributed by atoms with van der Waals surface area (Å²) in [6, 6.07) is 12.6. The van der Waals surface area contributed by atoms with Gasteiger partial charge in [-0.2, -0.15) is 4.31 Å². The van der Waals surface area contributed by atoms with Crippen molar-refractivity contribution < 1.29 is 17.9 Å². The lowest BCUT2D eigenvalue weighted by molar-refractivity contribution is 0.0698. The van der Waals surface area contributed by atoms with Gasteiger partial charge in [0.1, 0.15) is 12.4 Å². The van der Waals surface area contributed by atoms with E-state index in [0.717, 1.165) is 36.9 Å². The highest BCUT2D eigenvalue weighted by Crippen LogP contribution is 2.26. The minimum absolute atomic E-state index is 0.100. The van der Waals surface area contributed by atoms with Crippen LogP contribution in [0.1, 0.15) is 40.0 Å². The number of amides is 1. The molecule has 0 atom stereocenters. The van der Waals surface area contributed by atoms with Crippen LogP contribution in [-0.2, 0) is 29.5 Å². The van der Waals surface area contributed by atoms with Crippen LogP contribution in [0.25, 0.3) is 0 Å². The van der Waals surface area contributed by atoms with Crippen LogP contribution in [0.3, 0.4) is 0 Å². The average Bonchev–Trinajstić information content (AvgIpc) is 3.41. The zero-order valence-corrected chi connectivity index (χ0v) is 20.5. The number of carbonyl (C=O) groups is 1. The van der Waals surface area contributed by atoms with Gasteiger partial charge < -0.3 is 9.64 Å². The Hall–Kier alpha value is -2.75. The first-order valence-corrected chi connectivity index (χ1v) is 13.9. The molecule has 2 aromatic carbocycles. The van der Waals surface area contributed by atoms with Gasteiger partial charge in [0, 0.05) is 37.1 Å². The number of thiazole rings is 1. The van der Waals surface area contributed by atoms with Gasteiger partial charge in [-0.15, -0.1) is 11.3 Å². The fraction of sp³-hybridized carbons (Fsp3) is 0.360. The number of piperazine rings is 1. The second kappa shape index (κ2) is 9.85. The summed E-state index contributed by atoms with van der Waals surface area (Å²) in [5.41, 5.74) is 5.61. The normalized spacial score (nSPS) is 16.8. The molecule has 178 valence electrons. The quantitative estimate of drug-likeness (QED) is 0.518. The van der Waals surface area contributed by atoms with Gasteiger partial charge in [-0.3, -0.25) is 4.79 Å². The van der Waals surface area contributed by atoms with E-state index in [2.05, 4.69) is 4.98 Å². The first kappa shape index (κ1) is 23.0. The maximum absolute atomic E-state index is 13.2. The zero-order valence-electron chi connectivity index (χ0n) is 18.9. The van der Waals surface area contributed by atoms with Crippen LogP contribution in [0.2, 0.25) is 0 Å². The molecule has 7 nitrogen and oxygen atoms in total. The van der Waals surface area contributed by atoms with Crippen molar-refractivity contribution in [3.63, 3.8) is 0 Å². The molecule has 34 heavy (non-hydrogen) atoms. The van der Waals surface area contributed by atoms with Crippen molar-refractivity contribution in [2.45, 2.75) is 37.2 Å².